The van der Waals surface area contributed by atoms with Crippen molar-refractivity contribution in [2.75, 3.05) is 18.6 Å². The van der Waals surface area contributed by atoms with Crippen LogP contribution in [0.5, 0.6) is 5.75 Å². The number of benzene rings is 1. The molecule has 1 aliphatic heterocycles. The molecule has 1 aromatic rings. The normalized spacial score (nSPS) is 19.2. The number of carbonyl (C=O) groups excluding carboxylic acids is 1. The summed E-state index contributed by atoms with van der Waals surface area (Å²) in [6.45, 7) is 0.0194. The van der Waals surface area contributed by atoms with Crippen molar-refractivity contribution in [2.45, 2.75) is 24.9 Å². The van der Waals surface area contributed by atoms with Crippen molar-refractivity contribution in [2.24, 2.45) is 0 Å². The van der Waals surface area contributed by atoms with Gasteiger partial charge in [0.1, 0.15) is 11.8 Å². The fourth-order valence-electron chi connectivity index (χ4n) is 2.26. The number of anilines is 1. The zero-order valence-electron chi connectivity index (χ0n) is 11.1. The molecule has 1 saturated carbocycles. The van der Waals surface area contributed by atoms with Crippen LogP contribution in [-0.4, -0.2) is 36.7 Å². The second-order valence-electron chi connectivity index (χ2n) is 5.18. The highest BCUT2D eigenvalue weighted by Crippen LogP contribution is 2.34. The number of hydrogen-bond donors (Lipinski definition) is 2. The Morgan fingerprint density at radius 2 is 2.25 bits per heavy atom. The highest BCUT2D eigenvalue weighted by Gasteiger charge is 2.31. The maximum atomic E-state index is 11.6. The summed E-state index contributed by atoms with van der Waals surface area (Å²) < 4.78 is 5.34. The molecule has 20 heavy (non-hydrogen) atoms. The summed E-state index contributed by atoms with van der Waals surface area (Å²) >= 11 is 0. The summed E-state index contributed by atoms with van der Waals surface area (Å²) in [5.74, 6) is -0.453. The van der Waals surface area contributed by atoms with Gasteiger partial charge in [-0.2, -0.15) is 0 Å². The Hall–Kier alpha value is -2.08. The number of carboxylic acids is 1. The lowest BCUT2D eigenvalue weighted by Crippen LogP contribution is -2.36. The number of nitrogens with one attached hydrogen (secondary N) is 1. The number of ether oxygens (including phenoxy) is 1. The molecule has 0 aromatic heterocycles. The molecule has 1 amide bonds. The van der Waals surface area contributed by atoms with Gasteiger partial charge in [-0.15, -0.1) is 0 Å². The van der Waals surface area contributed by atoms with Gasteiger partial charge in [-0.3, -0.25) is 14.9 Å². The molecule has 0 radical (unpaired) electrons. The molecule has 2 N–H and O–H groups in total. The average molecular weight is 276 g/mol. The molecule has 1 atom stereocenters. The Morgan fingerprint density at radius 1 is 1.50 bits per heavy atom. The van der Waals surface area contributed by atoms with E-state index in [4.69, 9.17) is 4.74 Å². The molecule has 0 spiro atoms. The third kappa shape index (κ3) is 2.34. The number of nitrogens with zero attached hydrogens (tertiary/aromatic N) is 1. The zero-order chi connectivity index (χ0) is 14.3. The summed E-state index contributed by atoms with van der Waals surface area (Å²) in [5.41, 5.74) is 1.25. The van der Waals surface area contributed by atoms with Gasteiger partial charge in [-0.05, 0) is 30.5 Å². The predicted molar refractivity (Wildman–Crippen MR) is 71.9 cm³/mol. The third-order valence-corrected chi connectivity index (χ3v) is 3.63. The highest BCUT2D eigenvalue weighted by molar-refractivity contribution is 5.97. The highest BCUT2D eigenvalue weighted by atomic mass is 16.5. The van der Waals surface area contributed by atoms with Crippen LogP contribution in [0.25, 0.3) is 0 Å². The summed E-state index contributed by atoms with van der Waals surface area (Å²) in [7, 11) is 1.66. The number of carbonyl (C=O) groups is 2. The lowest BCUT2D eigenvalue weighted by Gasteiger charge is -2.27. The number of hydrogen-bond acceptors (Lipinski definition) is 4. The maximum absolute atomic E-state index is 11.6. The molecule has 2 aliphatic rings. The van der Waals surface area contributed by atoms with Gasteiger partial charge in [0.25, 0.3) is 5.91 Å². The molecule has 6 nitrogen and oxygen atoms in total. The van der Waals surface area contributed by atoms with Crippen molar-refractivity contribution >= 4 is 17.6 Å². The second-order valence-corrected chi connectivity index (χ2v) is 5.18. The molecule has 3 rings (SSSR count). The number of aliphatic carboxylic acids is 1. The van der Waals surface area contributed by atoms with Crippen molar-refractivity contribution in [3.8, 4) is 5.75 Å². The van der Waals surface area contributed by atoms with Gasteiger partial charge < -0.3 is 14.7 Å². The van der Waals surface area contributed by atoms with Crippen molar-refractivity contribution < 1.29 is 19.4 Å². The van der Waals surface area contributed by atoms with Gasteiger partial charge in [0, 0.05) is 13.1 Å². The van der Waals surface area contributed by atoms with Crippen molar-refractivity contribution in [1.82, 2.24) is 5.32 Å². The summed E-state index contributed by atoms with van der Waals surface area (Å²) in [6, 6.07) is 4.69. The first-order chi connectivity index (χ1) is 9.56. The van der Waals surface area contributed by atoms with Gasteiger partial charge in [-0.25, -0.2) is 0 Å². The molecule has 1 heterocycles. The molecule has 0 saturated heterocycles. The van der Waals surface area contributed by atoms with Crippen LogP contribution in [0.3, 0.4) is 0 Å². The Balaban J connectivity index is 1.93. The molecule has 0 bridgehead atoms. The van der Waals surface area contributed by atoms with Crippen LogP contribution in [0, 0.1) is 0 Å². The Morgan fingerprint density at radius 3 is 2.90 bits per heavy atom. The average Bonchev–Trinajstić information content (AvgIpc) is 3.24. The van der Waals surface area contributed by atoms with Crippen LogP contribution >= 0.6 is 0 Å². The van der Waals surface area contributed by atoms with E-state index in [2.05, 4.69) is 5.32 Å². The molecule has 1 fully saturated rings. The van der Waals surface area contributed by atoms with E-state index < -0.39 is 12.0 Å². The number of fused-ring (bicyclic) bond motifs is 1. The standard InChI is InChI=1S/C14H16N2O4/c1-16-10-6-8(2-5-11(10)20-7-12(16)17)13(14(18)19)15-9-3-4-9/h2,5-6,9,13,15H,3-4,7H2,1H3,(H,18,19). The Labute approximate surface area is 116 Å². The van der Waals surface area contributed by atoms with Crippen LogP contribution in [0.15, 0.2) is 18.2 Å². The minimum Gasteiger partial charge on any atom is -0.482 e. The molecular weight excluding hydrogens is 260 g/mol. The van der Waals surface area contributed by atoms with E-state index in [1.54, 1.807) is 25.2 Å². The summed E-state index contributed by atoms with van der Waals surface area (Å²) in [4.78, 5) is 24.5. The molecule has 1 aliphatic carbocycles. The topological polar surface area (TPSA) is 78.9 Å². The Kier molecular flexibility index (Phi) is 3.10. The number of carboxylic acid groups (broad SMARTS) is 1. The summed E-state index contributed by atoms with van der Waals surface area (Å²) in [5, 5.41) is 12.4. The smallest absolute Gasteiger partial charge is 0.325 e. The van der Waals surface area contributed by atoms with E-state index >= 15 is 0 Å². The first-order valence-corrected chi connectivity index (χ1v) is 6.58. The fraction of sp³-hybridized carbons (Fsp3) is 0.429. The molecule has 1 unspecified atom stereocenters. The molecular formula is C14H16N2O4. The van der Waals surface area contributed by atoms with Crippen LogP contribution in [0.4, 0.5) is 5.69 Å². The zero-order valence-corrected chi connectivity index (χ0v) is 11.1. The molecule has 106 valence electrons. The van der Waals surface area contributed by atoms with Gasteiger partial charge in [0.2, 0.25) is 0 Å². The minimum atomic E-state index is -0.914. The van der Waals surface area contributed by atoms with Crippen LogP contribution in [-0.2, 0) is 9.59 Å². The third-order valence-electron chi connectivity index (χ3n) is 3.63. The van der Waals surface area contributed by atoms with Gasteiger partial charge >= 0.3 is 5.97 Å². The fourth-order valence-corrected chi connectivity index (χ4v) is 2.26. The van der Waals surface area contributed by atoms with Crippen LogP contribution in [0.1, 0.15) is 24.4 Å². The van der Waals surface area contributed by atoms with Crippen LogP contribution < -0.4 is 15.0 Å². The van der Waals surface area contributed by atoms with E-state index in [0.29, 0.717) is 17.0 Å². The van der Waals surface area contributed by atoms with Crippen molar-refractivity contribution in [3.63, 3.8) is 0 Å². The van der Waals surface area contributed by atoms with E-state index in [0.717, 1.165) is 12.8 Å². The molecule has 6 heteroatoms. The van der Waals surface area contributed by atoms with E-state index in [1.807, 2.05) is 0 Å². The van der Waals surface area contributed by atoms with Crippen LogP contribution in [0.2, 0.25) is 0 Å². The lowest BCUT2D eigenvalue weighted by molar-refractivity contribution is -0.139. The number of likely N-dealkylation sites (N-methyl/N-ethyl adjacent to an activating group) is 1. The van der Waals surface area contributed by atoms with Crippen molar-refractivity contribution in [3.05, 3.63) is 23.8 Å². The lowest BCUT2D eigenvalue weighted by atomic mass is 10.0. The van der Waals surface area contributed by atoms with E-state index in [9.17, 15) is 14.7 Å². The van der Waals surface area contributed by atoms with E-state index in [1.165, 1.54) is 4.90 Å². The minimum absolute atomic E-state index is 0.0194. The monoisotopic (exact) mass is 276 g/mol. The first kappa shape index (κ1) is 12.9. The Bertz CT molecular complexity index is 568. The summed E-state index contributed by atoms with van der Waals surface area (Å²) in [6.07, 6.45) is 2.02. The van der Waals surface area contributed by atoms with E-state index in [-0.39, 0.29) is 18.6 Å². The SMILES string of the molecule is CN1C(=O)COc2ccc(C(NC3CC3)C(=O)O)cc21. The van der Waals surface area contributed by atoms with Gasteiger partial charge in [0.05, 0.1) is 5.69 Å². The quantitative estimate of drug-likeness (QED) is 0.855. The van der Waals surface area contributed by atoms with Gasteiger partial charge in [-0.1, -0.05) is 6.07 Å². The van der Waals surface area contributed by atoms with Crippen molar-refractivity contribution in [1.29, 1.82) is 0 Å². The molecule has 1 aromatic carbocycles. The largest absolute Gasteiger partial charge is 0.482 e. The predicted octanol–water partition coefficient (Wildman–Crippen LogP) is 0.919. The second kappa shape index (κ2) is 4.79. The maximum Gasteiger partial charge on any atom is 0.325 e. The number of amides is 1. The first-order valence-electron chi connectivity index (χ1n) is 6.58. The van der Waals surface area contributed by atoms with Gasteiger partial charge in [0.15, 0.2) is 6.61 Å². The number of rotatable bonds is 4.